The van der Waals surface area contributed by atoms with E-state index in [1.165, 1.54) is 12.8 Å². The predicted molar refractivity (Wildman–Crippen MR) is 59.8 cm³/mol. The molecular formula is C11H14N4O. The average molecular weight is 218 g/mol. The Kier molecular flexibility index (Phi) is 2.15. The van der Waals surface area contributed by atoms with Crippen molar-refractivity contribution >= 4 is 11.2 Å². The fraction of sp³-hybridized carbons (Fsp3) is 0.455. The first-order chi connectivity index (χ1) is 7.79. The summed E-state index contributed by atoms with van der Waals surface area (Å²) in [5.74, 6) is 0. The van der Waals surface area contributed by atoms with Crippen LogP contribution in [0, 0.1) is 0 Å². The molecule has 1 unspecified atom stereocenters. The van der Waals surface area contributed by atoms with Crippen molar-refractivity contribution in [3.63, 3.8) is 0 Å². The van der Waals surface area contributed by atoms with Crippen LogP contribution in [0.4, 0.5) is 0 Å². The summed E-state index contributed by atoms with van der Waals surface area (Å²) in [5, 5.41) is 8.99. The highest BCUT2D eigenvalue weighted by atomic mass is 16.3. The molecule has 1 saturated carbocycles. The molecule has 0 saturated heterocycles. The lowest BCUT2D eigenvalue weighted by Gasteiger charge is -2.07. The molecule has 16 heavy (non-hydrogen) atoms. The maximum Gasteiger partial charge on any atom is 0.160 e. The third-order valence-corrected chi connectivity index (χ3v) is 3.00. The van der Waals surface area contributed by atoms with Crippen molar-refractivity contribution in [2.45, 2.75) is 24.9 Å². The molecule has 0 amide bonds. The van der Waals surface area contributed by atoms with E-state index in [1.54, 1.807) is 6.20 Å². The van der Waals surface area contributed by atoms with E-state index < -0.39 is 0 Å². The van der Waals surface area contributed by atoms with Crippen molar-refractivity contribution in [2.75, 3.05) is 6.61 Å². The number of hydrogen-bond acceptors (Lipinski definition) is 4. The summed E-state index contributed by atoms with van der Waals surface area (Å²) < 4.78 is 2.11. The highest BCUT2D eigenvalue weighted by Gasteiger charge is 2.25. The number of nitrogens with zero attached hydrogens (tertiary/aromatic N) is 3. The molecular weight excluding hydrogens is 204 g/mol. The minimum atomic E-state index is -0.372. The van der Waals surface area contributed by atoms with E-state index in [0.717, 1.165) is 16.7 Å². The second kappa shape index (κ2) is 3.54. The van der Waals surface area contributed by atoms with E-state index >= 15 is 0 Å². The molecule has 5 nitrogen and oxygen atoms in total. The van der Waals surface area contributed by atoms with Crippen molar-refractivity contribution < 1.29 is 5.11 Å². The van der Waals surface area contributed by atoms with Crippen LogP contribution in [0.25, 0.3) is 11.2 Å². The first-order valence-electron chi connectivity index (χ1n) is 5.48. The molecule has 0 aliphatic heterocycles. The maximum atomic E-state index is 8.99. The Morgan fingerprint density at radius 1 is 1.50 bits per heavy atom. The molecule has 0 bridgehead atoms. The van der Waals surface area contributed by atoms with Crippen LogP contribution in [-0.4, -0.2) is 26.2 Å². The molecule has 84 valence electrons. The van der Waals surface area contributed by atoms with Crippen LogP contribution in [0.1, 0.15) is 30.5 Å². The van der Waals surface area contributed by atoms with Gasteiger partial charge in [0.1, 0.15) is 5.52 Å². The van der Waals surface area contributed by atoms with Crippen molar-refractivity contribution in [2.24, 2.45) is 5.73 Å². The van der Waals surface area contributed by atoms with Crippen molar-refractivity contribution in [1.29, 1.82) is 0 Å². The number of aromatic nitrogens is 3. The van der Waals surface area contributed by atoms with Crippen molar-refractivity contribution in [1.82, 2.24) is 14.5 Å². The van der Waals surface area contributed by atoms with Gasteiger partial charge in [-0.2, -0.15) is 0 Å². The van der Waals surface area contributed by atoms with E-state index in [0.29, 0.717) is 6.04 Å². The number of aliphatic hydroxyl groups excluding tert-OH is 1. The zero-order valence-corrected chi connectivity index (χ0v) is 8.87. The number of rotatable bonds is 3. The zero-order chi connectivity index (χ0) is 11.1. The van der Waals surface area contributed by atoms with E-state index in [1.807, 2.05) is 12.4 Å². The van der Waals surface area contributed by atoms with Gasteiger partial charge in [0.15, 0.2) is 5.65 Å². The van der Waals surface area contributed by atoms with Gasteiger partial charge in [0.2, 0.25) is 0 Å². The van der Waals surface area contributed by atoms with E-state index in [9.17, 15) is 0 Å². The summed E-state index contributed by atoms with van der Waals surface area (Å²) >= 11 is 0. The van der Waals surface area contributed by atoms with Crippen LogP contribution < -0.4 is 5.73 Å². The lowest BCUT2D eigenvalue weighted by molar-refractivity contribution is 0.268. The Hall–Kier alpha value is -1.46. The van der Waals surface area contributed by atoms with Crippen LogP contribution in [0.2, 0.25) is 0 Å². The van der Waals surface area contributed by atoms with Gasteiger partial charge in [0.05, 0.1) is 19.0 Å². The summed E-state index contributed by atoms with van der Waals surface area (Å²) in [5.41, 5.74) is 8.34. The van der Waals surface area contributed by atoms with E-state index in [-0.39, 0.29) is 12.6 Å². The Labute approximate surface area is 92.9 Å². The van der Waals surface area contributed by atoms with E-state index in [4.69, 9.17) is 10.8 Å². The van der Waals surface area contributed by atoms with Crippen LogP contribution in [0.3, 0.4) is 0 Å². The zero-order valence-electron chi connectivity index (χ0n) is 8.87. The van der Waals surface area contributed by atoms with Crippen LogP contribution in [0.5, 0.6) is 0 Å². The predicted octanol–water partition coefficient (Wildman–Crippen LogP) is 0.758. The molecule has 5 heteroatoms. The fourth-order valence-electron chi connectivity index (χ4n) is 1.86. The summed E-state index contributed by atoms with van der Waals surface area (Å²) in [7, 11) is 0. The molecule has 1 fully saturated rings. The fourth-order valence-corrected chi connectivity index (χ4v) is 1.86. The Morgan fingerprint density at radius 2 is 2.31 bits per heavy atom. The SMILES string of the molecule is NC(CO)c1cnc2c(c1)ncn2C1CC1. The molecule has 1 aliphatic carbocycles. The minimum Gasteiger partial charge on any atom is -0.394 e. The van der Waals surface area contributed by atoms with Gasteiger partial charge in [-0.25, -0.2) is 9.97 Å². The topological polar surface area (TPSA) is 77.0 Å². The normalized spacial score (nSPS) is 17.9. The number of hydrogen-bond donors (Lipinski definition) is 2. The van der Waals surface area contributed by atoms with Gasteiger partial charge in [-0.05, 0) is 24.5 Å². The summed E-state index contributed by atoms with van der Waals surface area (Å²) in [6.45, 7) is -0.0729. The highest BCUT2D eigenvalue weighted by molar-refractivity contribution is 5.71. The largest absolute Gasteiger partial charge is 0.394 e. The van der Waals surface area contributed by atoms with Crippen molar-refractivity contribution in [3.05, 3.63) is 24.2 Å². The van der Waals surface area contributed by atoms with Crippen molar-refractivity contribution in [3.8, 4) is 0 Å². The van der Waals surface area contributed by atoms with Crippen LogP contribution in [-0.2, 0) is 0 Å². The van der Waals surface area contributed by atoms with Gasteiger partial charge < -0.3 is 15.4 Å². The number of pyridine rings is 1. The van der Waals surface area contributed by atoms with Gasteiger partial charge in [-0.1, -0.05) is 0 Å². The summed E-state index contributed by atoms with van der Waals surface area (Å²) in [6, 6.07) is 2.11. The maximum absolute atomic E-state index is 8.99. The number of nitrogens with two attached hydrogens (primary N) is 1. The van der Waals surface area contributed by atoms with Gasteiger partial charge in [-0.15, -0.1) is 0 Å². The molecule has 0 radical (unpaired) electrons. The Balaban J connectivity index is 2.05. The second-order valence-corrected chi connectivity index (χ2v) is 4.28. The number of imidazole rings is 1. The molecule has 2 aromatic heterocycles. The van der Waals surface area contributed by atoms with Gasteiger partial charge >= 0.3 is 0 Å². The van der Waals surface area contributed by atoms with E-state index in [2.05, 4.69) is 14.5 Å². The molecule has 2 aromatic rings. The Bertz CT molecular complexity index is 518. The first kappa shape index (κ1) is 9.74. The van der Waals surface area contributed by atoms with Gasteiger partial charge in [0, 0.05) is 12.2 Å². The van der Waals surface area contributed by atoms with Crippen LogP contribution >= 0.6 is 0 Å². The summed E-state index contributed by atoms with van der Waals surface area (Å²) in [4.78, 5) is 8.70. The minimum absolute atomic E-state index is 0.0729. The Morgan fingerprint density at radius 3 is 3.00 bits per heavy atom. The van der Waals surface area contributed by atoms with Crippen LogP contribution in [0.15, 0.2) is 18.6 Å². The molecule has 0 spiro atoms. The molecule has 3 N–H and O–H groups in total. The molecule has 2 heterocycles. The smallest absolute Gasteiger partial charge is 0.160 e. The molecule has 1 atom stereocenters. The third kappa shape index (κ3) is 1.48. The average Bonchev–Trinajstić information content (AvgIpc) is 3.08. The lowest BCUT2D eigenvalue weighted by atomic mass is 10.1. The second-order valence-electron chi connectivity index (χ2n) is 4.28. The van der Waals surface area contributed by atoms with Gasteiger partial charge in [0.25, 0.3) is 0 Å². The molecule has 3 rings (SSSR count). The monoisotopic (exact) mass is 218 g/mol. The first-order valence-corrected chi connectivity index (χ1v) is 5.48. The highest BCUT2D eigenvalue weighted by Crippen LogP contribution is 2.36. The third-order valence-electron chi connectivity index (χ3n) is 3.00. The quantitative estimate of drug-likeness (QED) is 0.797. The molecule has 1 aliphatic rings. The lowest BCUT2D eigenvalue weighted by Crippen LogP contribution is -2.14. The summed E-state index contributed by atoms with van der Waals surface area (Å²) in [6.07, 6.45) is 5.99. The standard InChI is InChI=1S/C11H14N4O/c12-9(5-16)7-3-10-11(13-4-7)15(6-14-10)8-1-2-8/h3-4,6,8-9,16H,1-2,5,12H2. The number of aliphatic hydroxyl groups is 1. The van der Waals surface area contributed by atoms with Gasteiger partial charge in [-0.3, -0.25) is 0 Å². The molecule has 0 aromatic carbocycles. The number of fused-ring (bicyclic) bond motifs is 1.